The second-order valence-electron chi connectivity index (χ2n) is 17.6. The van der Waals surface area contributed by atoms with E-state index in [1.165, 1.54) is 68.7 Å². The summed E-state index contributed by atoms with van der Waals surface area (Å²) in [6, 6.07) is 8.20. The first-order valence-corrected chi connectivity index (χ1v) is 23.3. The van der Waals surface area contributed by atoms with Gasteiger partial charge in [-0.15, -0.1) is 0 Å². The van der Waals surface area contributed by atoms with Crippen molar-refractivity contribution in [2.75, 3.05) is 13.6 Å². The van der Waals surface area contributed by atoms with Gasteiger partial charge in [0.2, 0.25) is 5.91 Å². The van der Waals surface area contributed by atoms with Crippen molar-refractivity contribution in [3.05, 3.63) is 36.0 Å². The van der Waals surface area contributed by atoms with Crippen LogP contribution in [-0.2, 0) is 25.5 Å². The number of hydrogen-bond donors (Lipinski definition) is 4. The van der Waals surface area contributed by atoms with E-state index in [0.29, 0.717) is 19.4 Å². The molecule has 0 aliphatic carbocycles. The molecule has 57 heavy (non-hydrogen) atoms. The molecule has 3 heterocycles. The molecular formula is C48H80N2O7. The van der Waals surface area contributed by atoms with E-state index in [9.17, 15) is 24.9 Å². The summed E-state index contributed by atoms with van der Waals surface area (Å²) >= 11 is 0. The van der Waals surface area contributed by atoms with Crippen LogP contribution in [0, 0.1) is 5.92 Å². The normalized spacial score (nSPS) is 21.9. The predicted molar refractivity (Wildman–Crippen MR) is 230 cm³/mol. The molecule has 1 amide bonds. The fraction of sp³-hybridized carbons (Fsp3) is 0.792. The lowest BCUT2D eigenvalue weighted by molar-refractivity contribution is -0.139. The SMILES string of the molecule is CCCCCC[C@H](O)CCC[C@H](O)[C@H]1CC[C@H]([C@H]2CC[C@H]([C@H](O)CCCCCCCCCCCCCC(C(C)=O)C(=O)N(C)CCc3c[nH]c4ccccc34)O2)O1. The second-order valence-corrected chi connectivity index (χ2v) is 17.6. The van der Waals surface area contributed by atoms with E-state index in [4.69, 9.17) is 9.47 Å². The van der Waals surface area contributed by atoms with Gasteiger partial charge in [0.15, 0.2) is 0 Å². The van der Waals surface area contributed by atoms with Gasteiger partial charge in [-0.05, 0) is 89.2 Å². The maximum absolute atomic E-state index is 13.1. The number of unbranched alkanes of at least 4 members (excludes halogenated alkanes) is 13. The standard InChI is InChI=1S/C48H80N2O7/c1-4-5-6-16-22-38(52)23-21-28-43(54)45-30-32-47(57-45)46-31-29-44(56-46)42(53)27-18-15-13-11-9-7-8-10-12-14-17-24-39(36(2)51)48(55)50(3)34-33-37-35-49-41-26-20-19-25-40(37)41/h19-20,25-26,35,38-39,42-47,49,52-54H,4-18,21-24,27-34H2,1-3H3/t38-,39?,42+,43-,44+,45+,46+,47+/m0/s1. The average molecular weight is 797 g/mol. The molecule has 8 atom stereocenters. The molecule has 324 valence electrons. The molecule has 1 aromatic carbocycles. The highest BCUT2D eigenvalue weighted by molar-refractivity contribution is 6.00. The number of ether oxygens (including phenoxy) is 2. The summed E-state index contributed by atoms with van der Waals surface area (Å²) in [5.41, 5.74) is 2.30. The molecule has 2 saturated heterocycles. The number of aliphatic hydroxyl groups excluding tert-OH is 3. The zero-order valence-electron chi connectivity index (χ0n) is 36.0. The summed E-state index contributed by atoms with van der Waals surface area (Å²) in [7, 11) is 1.82. The Labute approximate surface area is 345 Å². The third-order valence-electron chi connectivity index (χ3n) is 12.9. The summed E-state index contributed by atoms with van der Waals surface area (Å²) in [6.45, 7) is 4.35. The van der Waals surface area contributed by atoms with Gasteiger partial charge in [0.05, 0.1) is 48.6 Å². The van der Waals surface area contributed by atoms with Crippen molar-refractivity contribution in [3.63, 3.8) is 0 Å². The minimum Gasteiger partial charge on any atom is -0.393 e. The Morgan fingerprint density at radius 1 is 0.702 bits per heavy atom. The number of aliphatic hydroxyl groups is 3. The van der Waals surface area contributed by atoms with Crippen LogP contribution in [0.3, 0.4) is 0 Å². The van der Waals surface area contributed by atoms with Gasteiger partial charge in [0.25, 0.3) is 0 Å². The van der Waals surface area contributed by atoms with Gasteiger partial charge in [-0.2, -0.15) is 0 Å². The van der Waals surface area contributed by atoms with Crippen molar-refractivity contribution in [2.24, 2.45) is 5.92 Å². The minimum absolute atomic E-state index is 0.000849. The van der Waals surface area contributed by atoms with Crippen molar-refractivity contribution in [1.82, 2.24) is 9.88 Å². The van der Waals surface area contributed by atoms with E-state index < -0.39 is 18.1 Å². The molecule has 4 N–H and O–H groups in total. The number of aromatic nitrogens is 1. The molecular weight excluding hydrogens is 717 g/mol. The molecule has 0 bridgehead atoms. The van der Waals surface area contributed by atoms with Crippen molar-refractivity contribution in [1.29, 1.82) is 0 Å². The van der Waals surface area contributed by atoms with Gasteiger partial charge in [-0.1, -0.05) is 121 Å². The van der Waals surface area contributed by atoms with Gasteiger partial charge in [0, 0.05) is 30.7 Å². The van der Waals surface area contributed by atoms with Crippen LogP contribution in [0.2, 0.25) is 0 Å². The van der Waals surface area contributed by atoms with Crippen molar-refractivity contribution in [2.45, 2.75) is 224 Å². The Balaban J connectivity index is 0.947. The van der Waals surface area contributed by atoms with E-state index in [1.54, 1.807) is 11.8 Å². The first-order chi connectivity index (χ1) is 27.7. The maximum atomic E-state index is 13.1. The molecule has 2 aromatic rings. The summed E-state index contributed by atoms with van der Waals surface area (Å²) in [6.07, 6.45) is 26.8. The van der Waals surface area contributed by atoms with Crippen LogP contribution >= 0.6 is 0 Å². The summed E-state index contributed by atoms with van der Waals surface area (Å²) in [4.78, 5) is 30.6. The van der Waals surface area contributed by atoms with Gasteiger partial charge in [-0.3, -0.25) is 9.59 Å². The lowest BCUT2D eigenvalue weighted by Gasteiger charge is -2.24. The molecule has 1 aromatic heterocycles. The summed E-state index contributed by atoms with van der Waals surface area (Å²) < 4.78 is 12.6. The number of para-hydroxylation sites is 1. The van der Waals surface area contributed by atoms with E-state index in [-0.39, 0.29) is 42.2 Å². The fourth-order valence-corrected chi connectivity index (χ4v) is 9.17. The zero-order valence-corrected chi connectivity index (χ0v) is 36.0. The van der Waals surface area contributed by atoms with Gasteiger partial charge in [0.1, 0.15) is 5.78 Å². The molecule has 9 nitrogen and oxygen atoms in total. The number of hydrogen-bond acceptors (Lipinski definition) is 7. The summed E-state index contributed by atoms with van der Waals surface area (Å²) in [5.74, 6) is -0.609. The van der Waals surface area contributed by atoms with Crippen LogP contribution in [-0.4, -0.2) is 93.2 Å². The van der Waals surface area contributed by atoms with Crippen molar-refractivity contribution < 1.29 is 34.4 Å². The van der Waals surface area contributed by atoms with Gasteiger partial charge in [-0.25, -0.2) is 0 Å². The third-order valence-corrected chi connectivity index (χ3v) is 12.9. The number of carbonyl (C=O) groups excluding carboxylic acids is 2. The molecule has 2 aliphatic rings. The number of aromatic amines is 1. The highest BCUT2D eigenvalue weighted by atomic mass is 16.6. The fourth-order valence-electron chi connectivity index (χ4n) is 9.17. The van der Waals surface area contributed by atoms with Gasteiger partial charge < -0.3 is 34.7 Å². The second kappa shape index (κ2) is 26.7. The molecule has 9 heteroatoms. The van der Waals surface area contributed by atoms with Crippen LogP contribution in [0.25, 0.3) is 10.9 Å². The topological polar surface area (TPSA) is 132 Å². The number of benzene rings is 1. The molecule has 0 spiro atoms. The van der Waals surface area contributed by atoms with E-state index in [1.807, 2.05) is 25.4 Å². The van der Waals surface area contributed by atoms with Crippen LogP contribution in [0.4, 0.5) is 0 Å². The summed E-state index contributed by atoms with van der Waals surface area (Å²) in [5, 5.41) is 33.0. The number of rotatable bonds is 31. The molecule has 2 aliphatic heterocycles. The number of H-pyrrole nitrogens is 1. The highest BCUT2D eigenvalue weighted by Crippen LogP contribution is 2.35. The van der Waals surface area contributed by atoms with Crippen LogP contribution in [0.15, 0.2) is 30.5 Å². The maximum Gasteiger partial charge on any atom is 0.232 e. The number of amides is 1. The van der Waals surface area contributed by atoms with Gasteiger partial charge >= 0.3 is 0 Å². The van der Waals surface area contributed by atoms with E-state index >= 15 is 0 Å². The van der Waals surface area contributed by atoms with Crippen LogP contribution in [0.1, 0.15) is 180 Å². The Kier molecular flexibility index (Phi) is 22.2. The Hall–Kier alpha value is -2.30. The first-order valence-electron chi connectivity index (χ1n) is 23.3. The lowest BCUT2D eigenvalue weighted by Crippen LogP contribution is -2.37. The number of fused-ring (bicyclic) bond motifs is 1. The Morgan fingerprint density at radius 2 is 1.21 bits per heavy atom. The monoisotopic (exact) mass is 797 g/mol. The lowest BCUT2D eigenvalue weighted by atomic mass is 9.95. The predicted octanol–water partition coefficient (Wildman–Crippen LogP) is 9.76. The zero-order chi connectivity index (χ0) is 40.8. The number of ketones is 1. The van der Waals surface area contributed by atoms with E-state index in [2.05, 4.69) is 24.0 Å². The Morgan fingerprint density at radius 3 is 1.81 bits per heavy atom. The van der Waals surface area contributed by atoms with Crippen molar-refractivity contribution in [3.8, 4) is 0 Å². The number of Topliss-reactive ketones (excluding diaryl/α,β-unsaturated/α-hetero) is 1. The number of nitrogens with one attached hydrogen (secondary N) is 1. The molecule has 4 rings (SSSR count). The smallest absolute Gasteiger partial charge is 0.232 e. The van der Waals surface area contributed by atoms with Crippen molar-refractivity contribution >= 4 is 22.6 Å². The molecule has 1 unspecified atom stereocenters. The molecule has 0 radical (unpaired) electrons. The average Bonchev–Trinajstić information content (AvgIpc) is 3.99. The Bertz CT molecular complexity index is 1400. The first kappa shape index (κ1) is 47.4. The third kappa shape index (κ3) is 16.7. The quantitative estimate of drug-likeness (QED) is 0.0441. The molecule has 0 saturated carbocycles. The van der Waals surface area contributed by atoms with Crippen LogP contribution < -0.4 is 0 Å². The minimum atomic E-state index is -0.533. The van der Waals surface area contributed by atoms with E-state index in [0.717, 1.165) is 102 Å². The number of likely N-dealkylation sites (N-methyl/N-ethyl adjacent to an activating group) is 1. The largest absolute Gasteiger partial charge is 0.393 e. The number of carbonyl (C=O) groups is 2. The number of nitrogens with zero attached hydrogens (tertiary/aromatic N) is 1. The highest BCUT2D eigenvalue weighted by Gasteiger charge is 2.40. The van der Waals surface area contributed by atoms with Crippen LogP contribution in [0.5, 0.6) is 0 Å². The molecule has 2 fully saturated rings.